The van der Waals surface area contributed by atoms with E-state index in [1.165, 1.54) is 6.07 Å². The number of thioether (sulfide) groups is 1. The number of halogens is 1. The van der Waals surface area contributed by atoms with Crippen LogP contribution < -0.4 is 15.2 Å². The van der Waals surface area contributed by atoms with E-state index >= 15 is 0 Å². The largest absolute Gasteiger partial charge is 0.482 e. The molecule has 0 aliphatic rings. The van der Waals surface area contributed by atoms with Crippen molar-refractivity contribution in [3.8, 4) is 5.75 Å². The van der Waals surface area contributed by atoms with Gasteiger partial charge in [0.15, 0.2) is 6.61 Å². The number of anilines is 1. The Balaban J connectivity index is 1.53. The number of carbonyl (C=O) groups excluding carboxylic acids is 1. The molecule has 3 N–H and O–H groups in total. The van der Waals surface area contributed by atoms with Gasteiger partial charge in [-0.3, -0.25) is 4.79 Å². The van der Waals surface area contributed by atoms with Gasteiger partial charge in [0.05, 0.1) is 15.7 Å². The van der Waals surface area contributed by atoms with Crippen molar-refractivity contribution in [3.05, 3.63) is 58.9 Å². The average Bonchev–Trinajstić information content (AvgIpc) is 3.14. The van der Waals surface area contributed by atoms with Crippen LogP contribution in [0.25, 0.3) is 0 Å². The lowest BCUT2D eigenvalue weighted by atomic mass is 10.2. The molecule has 158 valence electrons. The third-order valence-corrected chi connectivity index (χ3v) is 5.92. The van der Waals surface area contributed by atoms with Gasteiger partial charge in [-0.1, -0.05) is 41.6 Å². The van der Waals surface area contributed by atoms with Gasteiger partial charge in [-0.05, 0) is 36.8 Å². The van der Waals surface area contributed by atoms with Crippen molar-refractivity contribution in [1.82, 2.24) is 10.2 Å². The van der Waals surface area contributed by atoms with Crippen LogP contribution in [0.2, 0.25) is 5.02 Å². The summed E-state index contributed by atoms with van der Waals surface area (Å²) in [6.07, 6.45) is 0. The fourth-order valence-corrected chi connectivity index (χ4v) is 3.94. The van der Waals surface area contributed by atoms with Gasteiger partial charge in [0.1, 0.15) is 5.75 Å². The molecule has 0 aliphatic heterocycles. The van der Waals surface area contributed by atoms with Crippen molar-refractivity contribution in [2.45, 2.75) is 23.6 Å². The fourth-order valence-electron chi connectivity index (χ4n) is 2.36. The molecule has 2 aromatic carbocycles. The quantitative estimate of drug-likeness (QED) is 0.481. The Morgan fingerprint density at radius 3 is 2.77 bits per heavy atom. The minimum Gasteiger partial charge on any atom is -0.482 e. The van der Waals surface area contributed by atoms with Crippen molar-refractivity contribution < 1.29 is 22.4 Å². The lowest BCUT2D eigenvalue weighted by Crippen LogP contribution is -2.17. The maximum Gasteiger partial charge on any atom is 0.277 e. The second-order valence-corrected chi connectivity index (χ2v) is 8.91. The third kappa shape index (κ3) is 5.95. The molecule has 0 saturated heterocycles. The molecule has 3 rings (SSSR count). The average molecular weight is 469 g/mol. The lowest BCUT2D eigenvalue weighted by molar-refractivity contribution is -0.113. The maximum absolute atomic E-state index is 12.1. The number of amides is 1. The van der Waals surface area contributed by atoms with Crippen molar-refractivity contribution in [2.75, 3.05) is 11.1 Å². The van der Waals surface area contributed by atoms with Gasteiger partial charge >= 0.3 is 0 Å². The monoisotopic (exact) mass is 468 g/mol. The highest BCUT2D eigenvalue weighted by Crippen LogP contribution is 2.25. The number of ether oxygens (including phenoxy) is 1. The van der Waals surface area contributed by atoms with Crippen LogP contribution in [-0.2, 0) is 21.4 Å². The van der Waals surface area contributed by atoms with E-state index in [0.29, 0.717) is 22.0 Å². The van der Waals surface area contributed by atoms with E-state index < -0.39 is 10.0 Å². The molecule has 0 atom stereocenters. The number of nitrogens with two attached hydrogens (primary N) is 1. The normalized spacial score (nSPS) is 11.3. The summed E-state index contributed by atoms with van der Waals surface area (Å²) in [4.78, 5) is 12.1. The minimum absolute atomic E-state index is 0.0222. The molecule has 0 aliphatic carbocycles. The van der Waals surface area contributed by atoms with Crippen LogP contribution in [0, 0.1) is 6.92 Å². The Bertz CT molecular complexity index is 1170. The molecule has 0 radical (unpaired) electrons. The number of aryl methyl sites for hydroxylation is 1. The Kier molecular flexibility index (Phi) is 6.98. The summed E-state index contributed by atoms with van der Waals surface area (Å²) in [6.45, 7) is 1.65. The Morgan fingerprint density at radius 2 is 2.03 bits per heavy atom. The molecule has 30 heavy (non-hydrogen) atoms. The van der Waals surface area contributed by atoms with E-state index in [-0.39, 0.29) is 34.3 Å². The first-order valence-corrected chi connectivity index (χ1v) is 11.4. The summed E-state index contributed by atoms with van der Waals surface area (Å²) in [5.41, 5.74) is 0.803. The van der Waals surface area contributed by atoms with E-state index in [4.69, 9.17) is 25.9 Å². The van der Waals surface area contributed by atoms with E-state index in [1.807, 2.05) is 0 Å². The molecule has 9 nitrogen and oxygen atoms in total. The van der Waals surface area contributed by atoms with Crippen LogP contribution in [0.5, 0.6) is 5.75 Å². The molecule has 1 amide bonds. The van der Waals surface area contributed by atoms with E-state index in [0.717, 1.165) is 11.8 Å². The molecule has 0 bridgehead atoms. The van der Waals surface area contributed by atoms with Crippen molar-refractivity contribution in [3.63, 3.8) is 0 Å². The number of para-hydroxylation sites is 1. The van der Waals surface area contributed by atoms with E-state index in [2.05, 4.69) is 15.5 Å². The number of sulfonamides is 1. The zero-order chi connectivity index (χ0) is 21.7. The first kappa shape index (κ1) is 22.1. The predicted molar refractivity (Wildman–Crippen MR) is 112 cm³/mol. The number of hydrogen-bond acceptors (Lipinski definition) is 8. The molecule has 12 heteroatoms. The number of aromatic nitrogens is 2. The number of hydrogen-bond donors (Lipinski definition) is 2. The van der Waals surface area contributed by atoms with Crippen LogP contribution in [0.15, 0.2) is 57.0 Å². The Hall–Kier alpha value is -2.60. The lowest BCUT2D eigenvalue weighted by Gasteiger charge is -2.08. The zero-order valence-electron chi connectivity index (χ0n) is 15.7. The number of nitrogens with one attached hydrogen (secondary N) is 1. The molecule has 3 aromatic rings. The number of nitrogens with zero attached hydrogens (tertiary/aromatic N) is 2. The van der Waals surface area contributed by atoms with E-state index in [1.54, 1.807) is 43.3 Å². The van der Waals surface area contributed by atoms with Crippen molar-refractivity contribution in [2.24, 2.45) is 5.14 Å². The minimum atomic E-state index is -3.88. The standard InChI is InChI=1S/C18H17ClN4O5S2/c1-11-6-7-12(8-15(11)30(20,25)26)21-16(24)10-29-18-23-22-17(28-18)9-27-14-5-3-2-4-13(14)19/h2-8H,9-10H2,1H3,(H,21,24)(H2,20,25,26). The predicted octanol–water partition coefficient (Wildman–Crippen LogP) is 2.99. The van der Waals surface area contributed by atoms with E-state index in [9.17, 15) is 13.2 Å². The van der Waals surface area contributed by atoms with Crippen LogP contribution in [0.1, 0.15) is 11.5 Å². The number of primary sulfonamides is 1. The van der Waals surface area contributed by atoms with Gasteiger partial charge in [0.2, 0.25) is 15.9 Å². The first-order valence-electron chi connectivity index (χ1n) is 8.48. The van der Waals surface area contributed by atoms with Gasteiger partial charge in [0, 0.05) is 5.69 Å². The molecular formula is C18H17ClN4O5S2. The molecule has 0 saturated carbocycles. The summed E-state index contributed by atoms with van der Waals surface area (Å²) in [6, 6.07) is 11.4. The highest BCUT2D eigenvalue weighted by Gasteiger charge is 2.14. The Labute approximate surface area is 182 Å². The molecule has 0 unspecified atom stereocenters. The topological polar surface area (TPSA) is 137 Å². The SMILES string of the molecule is Cc1ccc(NC(=O)CSc2nnc(COc3ccccc3Cl)o2)cc1S(N)(=O)=O. The van der Waals surface area contributed by atoms with Crippen molar-refractivity contribution >= 4 is 45.0 Å². The Morgan fingerprint density at radius 1 is 1.27 bits per heavy atom. The molecule has 0 fully saturated rings. The number of benzene rings is 2. The molecule has 1 aromatic heterocycles. The summed E-state index contributed by atoms with van der Waals surface area (Å²) in [5.74, 6) is 0.319. The second-order valence-electron chi connectivity index (χ2n) is 6.04. The molecule has 0 spiro atoms. The van der Waals surface area contributed by atoms with Gasteiger partial charge < -0.3 is 14.5 Å². The summed E-state index contributed by atoms with van der Waals surface area (Å²) < 4.78 is 34.1. The van der Waals surface area contributed by atoms with Crippen LogP contribution >= 0.6 is 23.4 Å². The summed E-state index contributed by atoms with van der Waals surface area (Å²) >= 11 is 7.04. The molecule has 1 heterocycles. The number of carbonyl (C=O) groups is 1. The third-order valence-electron chi connectivity index (χ3n) is 3.74. The highest BCUT2D eigenvalue weighted by molar-refractivity contribution is 7.99. The zero-order valence-corrected chi connectivity index (χ0v) is 18.1. The maximum atomic E-state index is 12.1. The van der Waals surface area contributed by atoms with Gasteiger partial charge in [-0.2, -0.15) is 0 Å². The first-order chi connectivity index (χ1) is 14.2. The van der Waals surface area contributed by atoms with Gasteiger partial charge in [0.25, 0.3) is 11.1 Å². The fraction of sp³-hybridized carbons (Fsp3) is 0.167. The van der Waals surface area contributed by atoms with Gasteiger partial charge in [-0.25, -0.2) is 13.6 Å². The molecular weight excluding hydrogens is 452 g/mol. The highest BCUT2D eigenvalue weighted by atomic mass is 35.5. The van der Waals surface area contributed by atoms with Crippen molar-refractivity contribution in [1.29, 1.82) is 0 Å². The van der Waals surface area contributed by atoms with Crippen LogP contribution in [-0.4, -0.2) is 30.3 Å². The van der Waals surface area contributed by atoms with Gasteiger partial charge in [-0.15, -0.1) is 10.2 Å². The summed E-state index contributed by atoms with van der Waals surface area (Å²) in [7, 11) is -3.88. The summed E-state index contributed by atoms with van der Waals surface area (Å²) in [5, 5.41) is 16.1. The van der Waals surface area contributed by atoms with Crippen LogP contribution in [0.4, 0.5) is 5.69 Å². The second kappa shape index (κ2) is 9.47. The van der Waals surface area contributed by atoms with Crippen LogP contribution in [0.3, 0.4) is 0 Å². The number of rotatable bonds is 8. The smallest absolute Gasteiger partial charge is 0.277 e.